The Kier molecular flexibility index (Phi) is 41.0. The molecule has 30 nitrogen and oxygen atoms in total. The zero-order chi connectivity index (χ0) is 105. The van der Waals surface area contributed by atoms with Gasteiger partial charge in [-0.15, -0.1) is 0 Å². The van der Waals surface area contributed by atoms with Crippen molar-refractivity contribution in [3.8, 4) is 0 Å². The minimum Gasteiger partial charge on any atom is -0.478 e. The van der Waals surface area contributed by atoms with Gasteiger partial charge in [-0.2, -0.15) is 0 Å². The molecule has 36 heteroatoms. The van der Waals surface area contributed by atoms with Gasteiger partial charge in [0.05, 0.1) is 85.9 Å². The van der Waals surface area contributed by atoms with Crippen molar-refractivity contribution in [1.82, 2.24) is 19.9 Å². The molecule has 12 aromatic rings. The Bertz CT molecular complexity index is 6700. The van der Waals surface area contributed by atoms with E-state index in [4.69, 9.17) is 41.0 Å². The first-order valence-electron chi connectivity index (χ1n) is 46.9. The Morgan fingerprint density at radius 1 is 0.521 bits per heavy atom. The number of ketones is 1. The van der Waals surface area contributed by atoms with E-state index in [1.807, 2.05) is 156 Å². The van der Waals surface area contributed by atoms with Crippen LogP contribution in [0.4, 0.5) is 68.5 Å². The molecule has 4 amide bonds. The Morgan fingerprint density at radius 2 is 0.904 bits per heavy atom. The zero-order valence-electron chi connectivity index (χ0n) is 82.6. The number of aromatic carboxylic acids is 1. The molecule has 0 saturated carbocycles. The molecular formula is C110H114ClI5N16O14. The highest BCUT2D eigenvalue weighted by atomic mass is 127. The van der Waals surface area contributed by atoms with Crippen LogP contribution in [0.1, 0.15) is 141 Å². The number of anilines is 8. The number of amides is 4. The number of carbonyl (C=O) groups excluding carboxylic acids is 5. The van der Waals surface area contributed by atoms with Crippen molar-refractivity contribution in [2.45, 2.75) is 105 Å². The average molecular weight is 2550 g/mol. The van der Waals surface area contributed by atoms with E-state index in [-0.39, 0.29) is 69.3 Å². The number of carboxylic acid groups (broad SMARTS) is 1. The first kappa shape index (κ1) is 113. The van der Waals surface area contributed by atoms with Crippen molar-refractivity contribution in [2.75, 3.05) is 122 Å². The number of nitrogens with one attached hydrogen (secondary N) is 5. The number of hydrogen-bond acceptors (Lipinski definition) is 23. The maximum Gasteiger partial charge on any atom is 0.335 e. The molecule has 0 radical (unpaired) electrons. The predicted octanol–water partition coefficient (Wildman–Crippen LogP) is 24.4. The number of halogens is 6. The van der Waals surface area contributed by atoms with Crippen LogP contribution < -0.4 is 41.3 Å². The van der Waals surface area contributed by atoms with Crippen LogP contribution in [0.2, 0.25) is 0 Å². The zero-order valence-corrected chi connectivity index (χ0v) is 94.2. The quantitative estimate of drug-likeness (QED) is 0.0128. The SMILES string of the molecule is CC(C)=C(Cl)N(C)C.CON(C)C(=O)[C@H](C)Nc1ccccc1[N+](=O)[O-].C[C@@H]1Nc2ccccc2N=C1c1ccc(I)cc1.C[C@H](Nc1ccccc1[N+](=O)[O-])C(=O)c1ccc(I)cc1.Cc1cnc(N2CC3(CCOCC3)C2)c(C(=O)Nc2ccc(C(=O)N3c4ccccc4N=C(c4ccc(I)cc4)[C@@H]3C)cc2)c1.Cc1cnc(N2CC3(CCOCC3)C2)c(C(=O)Nc2ccc(C(=O)O)cc2)c1.Ic1ccc(I)cc1. The fourth-order valence-electron chi connectivity index (χ4n) is 16.9. The molecule has 0 aliphatic carbocycles. The number of carbonyl (C=O) groups is 6. The number of carboxylic acids is 1. The number of aryl methyl sites for hydroxylation is 2. The molecular weight excluding hydrogens is 2440 g/mol. The van der Waals surface area contributed by atoms with Crippen LogP contribution in [0.3, 0.4) is 0 Å². The van der Waals surface area contributed by atoms with Crippen LogP contribution in [0.25, 0.3) is 0 Å². The Labute approximate surface area is 923 Å². The maximum atomic E-state index is 14.0. The van der Waals surface area contributed by atoms with Gasteiger partial charge in [0.1, 0.15) is 34.2 Å². The lowest BCUT2D eigenvalue weighted by molar-refractivity contribution is -0.384. The number of hydrogen-bond donors (Lipinski definition) is 6. The Hall–Kier alpha value is -12.0. The second-order valence-corrected chi connectivity index (χ2v) is 42.7. The molecule has 4 fully saturated rings. The van der Waals surface area contributed by atoms with Crippen molar-refractivity contribution < 1.29 is 58.0 Å². The van der Waals surface area contributed by atoms with Gasteiger partial charge in [0.15, 0.2) is 5.78 Å². The maximum absolute atomic E-state index is 14.0. The number of para-hydroxylation sites is 8. The molecule has 6 aliphatic rings. The molecule has 6 aliphatic heterocycles. The van der Waals surface area contributed by atoms with Gasteiger partial charge in [-0.25, -0.2) is 29.8 Å². The second-order valence-electron chi connectivity index (χ2n) is 36.1. The summed E-state index contributed by atoms with van der Waals surface area (Å²) in [7, 11) is 6.69. The number of benzene rings is 10. The largest absolute Gasteiger partial charge is 0.478 e. The number of likely N-dealkylation sites (N-methyl/N-ethyl adjacent to an activating group) is 1. The molecule has 146 heavy (non-hydrogen) atoms. The van der Waals surface area contributed by atoms with E-state index in [0.717, 1.165) is 152 Å². The van der Waals surface area contributed by atoms with Gasteiger partial charge < -0.3 is 55.9 Å². The summed E-state index contributed by atoms with van der Waals surface area (Å²) in [6, 6.07) is 76.4. The Balaban J connectivity index is 0.000000163. The van der Waals surface area contributed by atoms with Crippen LogP contribution in [0, 0.1) is 62.8 Å². The average Bonchev–Trinajstić information content (AvgIpc) is 0.760. The number of nitro benzene ring substituents is 2. The smallest absolute Gasteiger partial charge is 0.335 e. The number of nitrogens with zero attached hydrogens (tertiary/aromatic N) is 11. The number of hydroxylamine groups is 2. The molecule has 18 rings (SSSR count). The molecule has 4 atom stereocenters. The van der Waals surface area contributed by atoms with Gasteiger partial charge >= 0.3 is 5.97 Å². The fourth-order valence-corrected chi connectivity index (χ4v) is 18.6. The Morgan fingerprint density at radius 3 is 1.33 bits per heavy atom. The lowest BCUT2D eigenvalue weighted by atomic mass is 9.73. The van der Waals surface area contributed by atoms with E-state index in [1.165, 1.54) is 54.7 Å². The summed E-state index contributed by atoms with van der Waals surface area (Å²) in [6.45, 7) is 22.0. The number of aliphatic imine (C=N–C) groups is 2. The summed E-state index contributed by atoms with van der Waals surface area (Å²) in [5, 5.41) is 47.7. The highest BCUT2D eigenvalue weighted by Gasteiger charge is 2.47. The van der Waals surface area contributed by atoms with Gasteiger partial charge in [0, 0.05) is 149 Å². The van der Waals surface area contributed by atoms with E-state index < -0.39 is 27.9 Å². The van der Waals surface area contributed by atoms with Gasteiger partial charge in [-0.05, 0) is 380 Å². The van der Waals surface area contributed by atoms with Gasteiger partial charge in [0.25, 0.3) is 35.0 Å². The molecule has 2 aromatic heterocycles. The van der Waals surface area contributed by atoms with Crippen LogP contribution in [0.15, 0.2) is 288 Å². The lowest BCUT2D eigenvalue weighted by Crippen LogP contribution is -2.59. The van der Waals surface area contributed by atoms with Crippen molar-refractivity contribution in [2.24, 2.45) is 20.8 Å². The van der Waals surface area contributed by atoms with Crippen LogP contribution in [-0.4, -0.2) is 187 Å². The summed E-state index contributed by atoms with van der Waals surface area (Å²) < 4.78 is 17.1. The van der Waals surface area contributed by atoms with Crippen molar-refractivity contribution in [3.63, 3.8) is 0 Å². The minimum absolute atomic E-state index is 0.0419. The van der Waals surface area contributed by atoms with Gasteiger partial charge in [-0.3, -0.25) is 53.9 Å². The number of ether oxygens (including phenoxy) is 2. The van der Waals surface area contributed by atoms with Gasteiger partial charge in [0.2, 0.25) is 0 Å². The van der Waals surface area contributed by atoms with E-state index in [9.17, 15) is 49.0 Å². The van der Waals surface area contributed by atoms with E-state index in [2.05, 4.69) is 221 Å². The summed E-state index contributed by atoms with van der Waals surface area (Å²) in [5.41, 5.74) is 15.4. The molecule has 8 heterocycles. The standard InChI is InChI=1S/C36H34IN5O3.C21H23N3O4.C15H13IN2O3.C15H13IN2.C11H15N3O4.C6H12ClN.C6H4I2/c1-23-19-29(33(38-20-23)41-21-36(22-41)15-17-45-18-16-36)34(43)39-28-13-9-26(10-14-28)35(44)42-24(2)32(25-7-11-27(37)12-8-25)40-30-5-3-4-6-31(30)42;1-14-10-17(19(25)23-16-4-2-15(3-5-16)20(26)27)18(22-11-14)24-12-21(13-24)6-8-28-9-7-21;1-10(15(19)11-6-8-12(16)9-7-11)17-13-4-2-3-5-14(13)18(20)21;1-10-15(11-6-8-12(16)9-7-11)18-14-5-3-2-4-13(14)17-10;1-8(11(15)13(2)18-3)12-9-6-4-5-7-10(9)14(16)17;1-5(2)6(7)8(3)4;7-5-1-2-6(8)4-3-5/h3-14,19-20,24H,15-18,21-22H2,1-2H3,(H,39,43);2-5,10-11H,6-9,12-13H2,1H3,(H,23,25)(H,26,27);2-10,17H,1H3;2-10,17H,1H3;4-8,12H,1-3H3;1-4H3;1-4H/t24-;;2*10-;8-;;/m0.000../s1. The van der Waals surface area contributed by atoms with E-state index >= 15 is 0 Å². The van der Waals surface area contributed by atoms with Crippen LogP contribution in [-0.2, 0) is 19.1 Å². The topological polar surface area (TPSA) is 363 Å². The third kappa shape index (κ3) is 30.6. The van der Waals surface area contributed by atoms with E-state index in [0.29, 0.717) is 56.6 Å². The monoisotopic (exact) mass is 2550 g/mol. The molecule has 2 spiro atoms. The highest BCUT2D eigenvalue weighted by Crippen LogP contribution is 2.46. The predicted molar refractivity (Wildman–Crippen MR) is 621 cm³/mol. The van der Waals surface area contributed by atoms with Crippen LogP contribution >= 0.6 is 125 Å². The number of allylic oxidation sites excluding steroid dienone is 1. The third-order valence-corrected chi connectivity index (χ3v) is 29.0. The molecule has 10 aromatic carbocycles. The normalized spacial score (nSPS) is 15.4. The molecule has 760 valence electrons. The van der Waals surface area contributed by atoms with Crippen molar-refractivity contribution in [3.05, 3.63) is 366 Å². The number of rotatable bonds is 21. The summed E-state index contributed by atoms with van der Waals surface area (Å²) in [4.78, 5) is 128. The molecule has 0 bridgehead atoms. The first-order chi connectivity index (χ1) is 69.8. The molecule has 0 unspecified atom stereocenters. The van der Waals surface area contributed by atoms with Crippen LogP contribution in [0.5, 0.6) is 0 Å². The fraction of sp³-hybridized carbons (Fsp3) is 0.273. The number of Topliss-reactive ketones (excluding diaryl/α,β-unsaturated/α-hetero) is 1. The summed E-state index contributed by atoms with van der Waals surface area (Å²) in [6.07, 6.45) is 7.78. The van der Waals surface area contributed by atoms with Crippen molar-refractivity contribution in [1.29, 1.82) is 0 Å². The number of pyridine rings is 2. The van der Waals surface area contributed by atoms with Crippen molar-refractivity contribution >= 4 is 240 Å². The molecule has 6 N–H and O–H groups in total. The summed E-state index contributed by atoms with van der Waals surface area (Å²) >= 11 is 17.1. The first-order valence-corrected chi connectivity index (χ1v) is 52.7. The minimum atomic E-state index is -0.997. The highest BCUT2D eigenvalue weighted by molar-refractivity contribution is 14.1. The third-order valence-electron chi connectivity index (χ3n) is 24.7. The van der Waals surface area contributed by atoms with E-state index in [1.54, 1.807) is 105 Å². The number of nitro groups is 2. The summed E-state index contributed by atoms with van der Waals surface area (Å²) in [5.74, 6) is -0.612. The number of aromatic nitrogens is 2. The second kappa shape index (κ2) is 53.1. The lowest BCUT2D eigenvalue weighted by Gasteiger charge is -2.53. The van der Waals surface area contributed by atoms with Gasteiger partial charge in [-0.1, -0.05) is 96.5 Å². The molecule has 4 saturated heterocycles. The number of fused-ring (bicyclic) bond motifs is 2.